The van der Waals surface area contributed by atoms with Crippen molar-refractivity contribution in [3.8, 4) is 0 Å². The minimum absolute atomic E-state index is 0.146. The number of carbonyl (C=O) groups excluding carboxylic acids is 3. The number of carboxylic acid groups (broad SMARTS) is 1. The van der Waals surface area contributed by atoms with Crippen molar-refractivity contribution in [2.24, 2.45) is 0 Å². The average Bonchev–Trinajstić information content (AvgIpc) is 3.75. The number of allylic oxidation sites excluding steroid dienone is 12. The number of rotatable bonds is 74. The van der Waals surface area contributed by atoms with Gasteiger partial charge in [-0.05, 0) is 64.2 Å². The Balaban J connectivity index is 3.99. The molecule has 536 valence electrons. The molecule has 2 unspecified atom stereocenters. The first-order valence-electron chi connectivity index (χ1n) is 39.6. The van der Waals surface area contributed by atoms with E-state index < -0.39 is 24.3 Å². The van der Waals surface area contributed by atoms with Gasteiger partial charge in [-0.2, -0.15) is 0 Å². The maximum atomic E-state index is 13.0. The Labute approximate surface area is 570 Å². The lowest BCUT2D eigenvalue weighted by Crippen LogP contribution is -2.44. The minimum atomic E-state index is -1.63. The van der Waals surface area contributed by atoms with Gasteiger partial charge in [0.05, 0.1) is 40.3 Å². The van der Waals surface area contributed by atoms with Gasteiger partial charge >= 0.3 is 11.9 Å². The van der Waals surface area contributed by atoms with E-state index in [1.165, 1.54) is 263 Å². The Morgan fingerprint density at radius 3 is 0.924 bits per heavy atom. The molecule has 0 amide bonds. The molecule has 0 fully saturated rings. The summed E-state index contributed by atoms with van der Waals surface area (Å²) in [5.74, 6) is -2.27. The molecule has 0 aliphatic heterocycles. The van der Waals surface area contributed by atoms with Crippen molar-refractivity contribution in [3.63, 3.8) is 0 Å². The molecule has 0 aromatic carbocycles. The Hall–Kier alpha value is -3.27. The summed E-state index contributed by atoms with van der Waals surface area (Å²) in [4.78, 5) is 37.6. The predicted molar refractivity (Wildman–Crippen MR) is 394 cm³/mol. The van der Waals surface area contributed by atoms with Crippen molar-refractivity contribution in [1.29, 1.82) is 0 Å². The number of esters is 2. The second kappa shape index (κ2) is 73.5. The summed E-state index contributed by atoms with van der Waals surface area (Å²) >= 11 is 0. The zero-order valence-electron chi connectivity index (χ0n) is 61.4. The lowest BCUT2D eigenvalue weighted by atomic mass is 10.0. The highest BCUT2D eigenvalue weighted by molar-refractivity contribution is 5.70. The molecular weight excluding hydrogens is 1140 g/mol. The molecule has 0 saturated heterocycles. The molecule has 0 aromatic heterocycles. The topological polar surface area (TPSA) is 111 Å². The molecule has 0 bridgehead atoms. The van der Waals surface area contributed by atoms with Gasteiger partial charge in [0.25, 0.3) is 0 Å². The highest BCUT2D eigenvalue weighted by Crippen LogP contribution is 2.20. The zero-order chi connectivity index (χ0) is 66.8. The van der Waals surface area contributed by atoms with E-state index in [0.717, 1.165) is 83.5 Å². The van der Waals surface area contributed by atoms with Gasteiger partial charge in [-0.3, -0.25) is 9.59 Å². The first kappa shape index (κ1) is 88.7. The second-order valence-corrected chi connectivity index (χ2v) is 28.0. The summed E-state index contributed by atoms with van der Waals surface area (Å²) in [6.45, 7) is 4.69. The molecular formula is C83H151NO8. The van der Waals surface area contributed by atoms with E-state index in [4.69, 9.17) is 18.9 Å². The number of likely N-dealkylation sites (N-methyl/N-ethyl adjacent to an activating group) is 1. The van der Waals surface area contributed by atoms with Gasteiger partial charge < -0.3 is 33.3 Å². The van der Waals surface area contributed by atoms with Crippen LogP contribution in [0.5, 0.6) is 0 Å². The molecule has 0 aromatic rings. The van der Waals surface area contributed by atoms with Crippen molar-refractivity contribution in [2.45, 2.75) is 392 Å². The molecule has 0 aliphatic carbocycles. The number of hydrogen-bond donors (Lipinski definition) is 0. The van der Waals surface area contributed by atoms with Crippen molar-refractivity contribution < 1.29 is 42.9 Å². The third-order valence-corrected chi connectivity index (χ3v) is 17.7. The largest absolute Gasteiger partial charge is 0.545 e. The summed E-state index contributed by atoms with van der Waals surface area (Å²) in [6, 6.07) is 0. The van der Waals surface area contributed by atoms with Crippen LogP contribution in [-0.4, -0.2) is 82.3 Å². The Bertz CT molecular complexity index is 1740. The number of hydrogen-bond acceptors (Lipinski definition) is 8. The van der Waals surface area contributed by atoms with Gasteiger partial charge in [-0.15, -0.1) is 0 Å². The van der Waals surface area contributed by atoms with Crippen LogP contribution in [0.15, 0.2) is 72.9 Å². The monoisotopic (exact) mass is 1290 g/mol. The third kappa shape index (κ3) is 74.1. The van der Waals surface area contributed by atoms with Gasteiger partial charge in [-0.25, -0.2) is 0 Å². The normalized spacial score (nSPS) is 13.0. The second-order valence-electron chi connectivity index (χ2n) is 28.0. The van der Waals surface area contributed by atoms with Crippen LogP contribution in [0.4, 0.5) is 0 Å². The highest BCUT2D eigenvalue weighted by Gasteiger charge is 2.22. The quantitative estimate of drug-likeness (QED) is 0.0195. The highest BCUT2D eigenvalue weighted by atomic mass is 16.7. The van der Waals surface area contributed by atoms with Crippen LogP contribution in [0.3, 0.4) is 0 Å². The number of aliphatic carboxylic acids is 1. The number of carboxylic acids is 1. The Morgan fingerprint density at radius 1 is 0.337 bits per heavy atom. The molecule has 0 rings (SSSR count). The van der Waals surface area contributed by atoms with E-state index in [1.807, 2.05) is 21.1 Å². The van der Waals surface area contributed by atoms with Gasteiger partial charge in [0.1, 0.15) is 13.2 Å². The molecule has 0 aliphatic rings. The SMILES string of the molecule is CC/C=C\C/C=C\C/C=C\C/C=C\C/C=C\C/C=C\CCCCCCCCCCCCC(=O)OC(COC(=O)CCCCCCCCCCCCCCCCCCCCCCCCCCCCCCCCCCCCCCCC)COC(OCC[N+](C)(C)C)C(=O)[O-]. The Morgan fingerprint density at radius 2 is 0.620 bits per heavy atom. The van der Waals surface area contributed by atoms with Crippen LogP contribution in [0.25, 0.3) is 0 Å². The minimum Gasteiger partial charge on any atom is -0.545 e. The van der Waals surface area contributed by atoms with E-state index in [1.54, 1.807) is 0 Å². The predicted octanol–water partition coefficient (Wildman–Crippen LogP) is 23.9. The average molecular weight is 1290 g/mol. The summed E-state index contributed by atoms with van der Waals surface area (Å²) in [5.41, 5.74) is 0. The van der Waals surface area contributed by atoms with Gasteiger partial charge in [0.2, 0.25) is 0 Å². The molecule has 0 spiro atoms. The van der Waals surface area contributed by atoms with Crippen LogP contribution in [0.2, 0.25) is 0 Å². The fourth-order valence-electron chi connectivity index (χ4n) is 11.7. The smallest absolute Gasteiger partial charge is 0.306 e. The van der Waals surface area contributed by atoms with Gasteiger partial charge in [0.15, 0.2) is 12.4 Å². The zero-order valence-corrected chi connectivity index (χ0v) is 61.4. The van der Waals surface area contributed by atoms with Crippen LogP contribution < -0.4 is 5.11 Å². The van der Waals surface area contributed by atoms with Crippen molar-refractivity contribution in [1.82, 2.24) is 0 Å². The van der Waals surface area contributed by atoms with E-state index in [2.05, 4.69) is 86.8 Å². The van der Waals surface area contributed by atoms with Crippen LogP contribution in [0.1, 0.15) is 380 Å². The first-order valence-corrected chi connectivity index (χ1v) is 39.6. The van der Waals surface area contributed by atoms with Crippen molar-refractivity contribution >= 4 is 17.9 Å². The van der Waals surface area contributed by atoms with E-state index in [9.17, 15) is 19.5 Å². The van der Waals surface area contributed by atoms with Crippen LogP contribution >= 0.6 is 0 Å². The maximum Gasteiger partial charge on any atom is 0.306 e. The maximum absolute atomic E-state index is 13.0. The molecule has 0 N–H and O–H groups in total. The summed E-state index contributed by atoms with van der Waals surface area (Å²) in [5, 5.41) is 11.9. The number of carbonyl (C=O) groups is 3. The molecule has 0 heterocycles. The van der Waals surface area contributed by atoms with Crippen molar-refractivity contribution in [2.75, 3.05) is 47.5 Å². The van der Waals surface area contributed by atoms with Crippen LogP contribution in [0, 0.1) is 0 Å². The third-order valence-electron chi connectivity index (χ3n) is 17.7. The number of quaternary nitrogens is 1. The summed E-state index contributed by atoms with van der Waals surface area (Å²) in [7, 11) is 5.94. The van der Waals surface area contributed by atoms with E-state index in [-0.39, 0.29) is 32.2 Å². The molecule has 0 radical (unpaired) electrons. The lowest BCUT2D eigenvalue weighted by Gasteiger charge is -2.26. The number of nitrogens with zero attached hydrogens (tertiary/aromatic N) is 1. The Kier molecular flexibility index (Phi) is 70.9. The molecule has 2 atom stereocenters. The van der Waals surface area contributed by atoms with Crippen LogP contribution in [-0.2, 0) is 33.3 Å². The molecule has 0 saturated carbocycles. The lowest BCUT2D eigenvalue weighted by molar-refractivity contribution is -0.870. The van der Waals surface area contributed by atoms with E-state index in [0.29, 0.717) is 23.9 Å². The van der Waals surface area contributed by atoms with Gasteiger partial charge in [-0.1, -0.05) is 376 Å². The van der Waals surface area contributed by atoms with Gasteiger partial charge in [0, 0.05) is 12.8 Å². The van der Waals surface area contributed by atoms with E-state index >= 15 is 0 Å². The molecule has 9 heteroatoms. The molecule has 9 nitrogen and oxygen atoms in total. The molecule has 92 heavy (non-hydrogen) atoms. The standard InChI is InChI=1S/C83H151NO8/c1-6-8-10-12-14-16-18-20-22-24-26-28-30-32-34-36-37-38-39-40-41-42-43-44-46-47-49-51-53-55-57-59-61-63-65-67-69-71-73-80(85)90-77-79(78-91-83(82(87)88)89-76-75-84(3,4)5)92-81(86)74-72-70-68-66-64-62-60-58-56-54-52-50-48-45-35-33-31-29-27-25-23-21-19-17-15-13-11-9-7-2/h9,11,15,17,21,23,27,29,33,35,48,50,79,83H,6-8,10,12-14,16,18-20,22,24-26,28,30-32,34,36-47,49,51-78H2,1-5H3/b11-9-,17-15-,23-21-,29-27-,35-33-,50-48-. The summed E-state index contributed by atoms with van der Waals surface area (Å²) < 4.78 is 22.9. The summed E-state index contributed by atoms with van der Waals surface area (Å²) in [6.07, 6.45) is 96.0. The fourth-order valence-corrected chi connectivity index (χ4v) is 11.7. The van der Waals surface area contributed by atoms with Crippen molar-refractivity contribution in [3.05, 3.63) is 72.9 Å². The number of unbranched alkanes of at least 4 members (excludes halogenated alkanes) is 47. The first-order chi connectivity index (χ1) is 45.1. The fraction of sp³-hybridized carbons (Fsp3) is 0.819. The number of ether oxygens (including phenoxy) is 4.